The molecule has 9 rings (SSSR count). The second-order valence-corrected chi connectivity index (χ2v) is 29.4. The predicted octanol–water partition coefficient (Wildman–Crippen LogP) is 22.5. The summed E-state index contributed by atoms with van der Waals surface area (Å²) in [6.45, 7) is 29.1. The van der Waals surface area contributed by atoms with Gasteiger partial charge in [0.2, 0.25) is 0 Å². The standard InChI is InChI=1S/C44H51N3S2.C31H46/c1-10-11-12-13-14-31-17-21-33(22-18-31)44(37-27-29(2)15-25-35(37)36-26-16-30(3)28-38(36)44)34-23-19-32(20-24-34)39-45-40(48-42(4,5)6)47-41(46-39)49-43(7,8)9;1-5-7-9-11-13-15-21-31(22-16-14-12-10-8-6-2)29-23-25(3)17-19-27(29)28-20-18-26(4)24-30(28)31/h15-28H,10-14H2,1-9H3;17-20,23-24H,5-16,21-22H2,1-4H3. The molecule has 2 aliphatic rings. The molecule has 0 N–H and O–H groups in total. The first kappa shape index (κ1) is 61.1. The Morgan fingerprint density at radius 3 is 1.12 bits per heavy atom. The Balaban J connectivity index is 0.000000233. The zero-order chi connectivity index (χ0) is 57.1. The quantitative estimate of drug-likeness (QED) is 0.0445. The van der Waals surface area contributed by atoms with Gasteiger partial charge >= 0.3 is 0 Å². The van der Waals surface area contributed by atoms with E-state index in [2.05, 4.69) is 211 Å². The molecule has 80 heavy (non-hydrogen) atoms. The van der Waals surface area contributed by atoms with Crippen LogP contribution in [-0.2, 0) is 17.3 Å². The van der Waals surface area contributed by atoms with Gasteiger partial charge in [0.25, 0.3) is 0 Å². The summed E-state index contributed by atoms with van der Waals surface area (Å²) >= 11 is 3.38. The van der Waals surface area contributed by atoms with E-state index in [0.29, 0.717) is 0 Å². The number of benzene rings is 6. The molecule has 2 aliphatic carbocycles. The molecule has 0 spiro atoms. The highest BCUT2D eigenvalue weighted by atomic mass is 32.2. The maximum Gasteiger partial charge on any atom is 0.192 e. The second-order valence-electron chi connectivity index (χ2n) is 25.8. The van der Waals surface area contributed by atoms with Crippen LogP contribution in [0.5, 0.6) is 0 Å². The van der Waals surface area contributed by atoms with Gasteiger partial charge in [-0.15, -0.1) is 0 Å². The van der Waals surface area contributed by atoms with Crippen LogP contribution in [0.15, 0.2) is 132 Å². The van der Waals surface area contributed by atoms with Crippen LogP contribution in [0.4, 0.5) is 0 Å². The van der Waals surface area contributed by atoms with Crippen molar-refractivity contribution in [2.75, 3.05) is 0 Å². The van der Waals surface area contributed by atoms with Gasteiger partial charge < -0.3 is 0 Å². The van der Waals surface area contributed by atoms with Gasteiger partial charge in [0.05, 0.1) is 5.41 Å². The summed E-state index contributed by atoms with van der Waals surface area (Å²) < 4.78 is -0.0216. The Morgan fingerprint density at radius 1 is 0.375 bits per heavy atom. The minimum atomic E-state index is -0.443. The van der Waals surface area contributed by atoms with Crippen LogP contribution >= 0.6 is 23.5 Å². The first-order chi connectivity index (χ1) is 38.4. The summed E-state index contributed by atoms with van der Waals surface area (Å²) in [4.78, 5) is 14.8. The van der Waals surface area contributed by atoms with Crippen molar-refractivity contribution >= 4 is 23.5 Å². The Morgan fingerprint density at radius 2 is 0.725 bits per heavy atom. The summed E-state index contributed by atoms with van der Waals surface area (Å²) in [6, 6.07) is 47.1. The molecule has 0 atom stereocenters. The second kappa shape index (κ2) is 27.4. The fourth-order valence-electron chi connectivity index (χ4n) is 12.8. The third kappa shape index (κ3) is 14.6. The fraction of sp³-hybridized carbons (Fsp3) is 0.480. The summed E-state index contributed by atoms with van der Waals surface area (Å²) in [7, 11) is 0. The highest BCUT2D eigenvalue weighted by Crippen LogP contribution is 2.57. The van der Waals surface area contributed by atoms with Crippen LogP contribution in [0.3, 0.4) is 0 Å². The summed E-state index contributed by atoms with van der Waals surface area (Å²) in [5.74, 6) is 0.723. The number of unbranched alkanes of at least 4 members (excludes halogenated alkanes) is 13. The third-order valence-electron chi connectivity index (χ3n) is 16.7. The van der Waals surface area contributed by atoms with E-state index in [9.17, 15) is 0 Å². The lowest BCUT2D eigenvalue weighted by Gasteiger charge is -2.34. The molecule has 0 fully saturated rings. The van der Waals surface area contributed by atoms with Gasteiger partial charge in [-0.2, -0.15) is 4.98 Å². The van der Waals surface area contributed by atoms with Gasteiger partial charge in [0, 0.05) is 20.5 Å². The zero-order valence-electron chi connectivity index (χ0n) is 51.6. The van der Waals surface area contributed by atoms with Crippen molar-refractivity contribution in [1.29, 1.82) is 0 Å². The average Bonchev–Trinajstić information content (AvgIpc) is 4.09. The Bertz CT molecular complexity index is 2980. The van der Waals surface area contributed by atoms with Crippen molar-refractivity contribution in [3.63, 3.8) is 0 Å². The van der Waals surface area contributed by atoms with Crippen molar-refractivity contribution in [3.8, 4) is 33.6 Å². The molecule has 0 unspecified atom stereocenters. The van der Waals surface area contributed by atoms with Gasteiger partial charge in [0.15, 0.2) is 16.1 Å². The molecular formula is C75H97N3S2. The van der Waals surface area contributed by atoms with Crippen molar-refractivity contribution < 1.29 is 0 Å². The third-order valence-corrected chi connectivity index (χ3v) is 18.7. The maximum absolute atomic E-state index is 4.99. The first-order valence-corrected chi connectivity index (χ1v) is 32.8. The Hall–Kier alpha value is -4.97. The number of rotatable bonds is 24. The van der Waals surface area contributed by atoms with Crippen LogP contribution < -0.4 is 0 Å². The number of hydrogen-bond donors (Lipinski definition) is 0. The molecule has 0 amide bonds. The molecule has 0 saturated heterocycles. The van der Waals surface area contributed by atoms with Gasteiger partial charge in [0.1, 0.15) is 0 Å². The summed E-state index contributed by atoms with van der Waals surface area (Å²) in [5, 5.41) is 1.54. The molecule has 0 saturated carbocycles. The number of hydrogen-bond acceptors (Lipinski definition) is 5. The molecule has 0 radical (unpaired) electrons. The lowest BCUT2D eigenvalue weighted by Crippen LogP contribution is -2.28. The molecule has 1 aromatic heterocycles. The van der Waals surface area contributed by atoms with Crippen LogP contribution in [0.25, 0.3) is 33.6 Å². The Labute approximate surface area is 494 Å². The number of fused-ring (bicyclic) bond motifs is 6. The molecule has 0 aliphatic heterocycles. The minimum Gasteiger partial charge on any atom is -0.202 e. The van der Waals surface area contributed by atoms with E-state index in [4.69, 9.17) is 15.0 Å². The minimum absolute atomic E-state index is 0.0108. The van der Waals surface area contributed by atoms with Crippen molar-refractivity contribution in [2.24, 2.45) is 0 Å². The van der Waals surface area contributed by atoms with E-state index >= 15 is 0 Å². The van der Waals surface area contributed by atoms with Crippen LogP contribution in [0.1, 0.15) is 239 Å². The molecule has 424 valence electrons. The topological polar surface area (TPSA) is 38.7 Å². The van der Waals surface area contributed by atoms with E-state index in [-0.39, 0.29) is 14.9 Å². The summed E-state index contributed by atoms with van der Waals surface area (Å²) in [5.41, 5.74) is 21.8. The van der Waals surface area contributed by atoms with Crippen molar-refractivity contribution in [1.82, 2.24) is 15.0 Å². The van der Waals surface area contributed by atoms with Gasteiger partial charge in [-0.3, -0.25) is 0 Å². The van der Waals surface area contributed by atoms with Crippen molar-refractivity contribution in [2.45, 2.75) is 243 Å². The highest BCUT2D eigenvalue weighted by molar-refractivity contribution is 8.01. The van der Waals surface area contributed by atoms with E-state index in [1.807, 2.05) is 0 Å². The van der Waals surface area contributed by atoms with E-state index in [1.54, 1.807) is 34.7 Å². The van der Waals surface area contributed by atoms with Gasteiger partial charge in [-0.1, -0.05) is 326 Å². The lowest BCUT2D eigenvalue weighted by atomic mass is 9.67. The van der Waals surface area contributed by atoms with E-state index < -0.39 is 5.41 Å². The monoisotopic (exact) mass is 1100 g/mol. The maximum atomic E-state index is 4.99. The average molecular weight is 1100 g/mol. The Kier molecular flexibility index (Phi) is 20.9. The SMILES string of the molecule is CCCCCCCCC1(CCCCCCCC)c2cc(C)ccc2-c2ccc(C)cc21.CCCCCCc1ccc(C2(c3ccc(-c4nc(SC(C)(C)C)nc(SC(C)(C)C)n4)cc3)c3cc(C)ccc3-c3ccc(C)cc32)cc1. The fourth-order valence-corrected chi connectivity index (χ4v) is 14.5. The molecule has 1 heterocycles. The molecule has 7 aromatic rings. The number of thioether (sulfide) groups is 2. The molecule has 3 nitrogen and oxygen atoms in total. The zero-order valence-corrected chi connectivity index (χ0v) is 53.3. The number of nitrogens with zero attached hydrogens (tertiary/aromatic N) is 3. The van der Waals surface area contributed by atoms with Crippen molar-refractivity contribution in [3.05, 3.63) is 183 Å². The predicted molar refractivity (Wildman–Crippen MR) is 349 cm³/mol. The number of aryl methyl sites for hydroxylation is 5. The summed E-state index contributed by atoms with van der Waals surface area (Å²) in [6.07, 6.45) is 25.5. The normalized spacial score (nSPS) is 13.8. The van der Waals surface area contributed by atoms with Crippen LogP contribution in [-0.4, -0.2) is 24.4 Å². The molecular weight excluding hydrogens is 1010 g/mol. The highest BCUT2D eigenvalue weighted by Gasteiger charge is 2.47. The molecule has 0 bridgehead atoms. The molecule has 6 aromatic carbocycles. The van der Waals surface area contributed by atoms with Gasteiger partial charge in [-0.05, 0) is 115 Å². The largest absolute Gasteiger partial charge is 0.202 e. The van der Waals surface area contributed by atoms with Crippen LogP contribution in [0, 0.1) is 27.7 Å². The van der Waals surface area contributed by atoms with Crippen LogP contribution in [0.2, 0.25) is 0 Å². The lowest BCUT2D eigenvalue weighted by molar-refractivity contribution is 0.397. The smallest absolute Gasteiger partial charge is 0.192 e. The van der Waals surface area contributed by atoms with Gasteiger partial charge in [-0.25, -0.2) is 9.97 Å². The molecule has 5 heteroatoms. The van der Waals surface area contributed by atoms with E-state index in [0.717, 1.165) is 28.1 Å². The first-order valence-electron chi connectivity index (χ1n) is 31.2. The van der Waals surface area contributed by atoms with E-state index in [1.165, 1.54) is 188 Å². The number of aromatic nitrogens is 3.